The van der Waals surface area contributed by atoms with Crippen LogP contribution < -0.4 is 10.6 Å². The van der Waals surface area contributed by atoms with Gasteiger partial charge in [-0.05, 0) is 39.0 Å². The molecule has 0 bridgehead atoms. The van der Waals surface area contributed by atoms with Crippen LogP contribution in [0, 0.1) is 0 Å². The standard InChI is InChI=1S/C27H48N2O15/c1-14(32)15(29-19(34)7-3-5-10-41-26-24(39)22(37)20(35)16(12-30)43-26)6-2-4-9-28-18(33)8-11-42-27-25(40)23(38)21(36)17(13-31)44-27/h15-17,20-27,30-31,35-40H,2-13H2,1H3,(H,28,33)(H,29,34)/t15-,16?,17?,20?,21?,22?,23?,24?,25?,26?,27?/m1/s1. The maximum atomic E-state index is 12.3. The lowest BCUT2D eigenvalue weighted by Crippen LogP contribution is -2.59. The molecular formula is C27H48N2O15. The Morgan fingerprint density at radius 1 is 0.682 bits per heavy atom. The fourth-order valence-electron chi connectivity index (χ4n) is 4.70. The summed E-state index contributed by atoms with van der Waals surface area (Å²) >= 11 is 0. The molecule has 11 atom stereocenters. The Kier molecular flexibility index (Phi) is 17.1. The van der Waals surface area contributed by atoms with E-state index in [4.69, 9.17) is 18.9 Å². The zero-order valence-electron chi connectivity index (χ0n) is 24.8. The molecule has 0 saturated carbocycles. The highest BCUT2D eigenvalue weighted by Gasteiger charge is 2.45. The lowest BCUT2D eigenvalue weighted by atomic mass is 9.99. The highest BCUT2D eigenvalue weighted by molar-refractivity contribution is 5.87. The molecule has 0 radical (unpaired) electrons. The average molecular weight is 641 g/mol. The Bertz CT molecular complexity index is 878. The summed E-state index contributed by atoms with van der Waals surface area (Å²) in [4.78, 5) is 36.4. The van der Waals surface area contributed by atoms with Crippen LogP contribution in [0.25, 0.3) is 0 Å². The van der Waals surface area contributed by atoms with E-state index in [2.05, 4.69) is 10.6 Å². The number of rotatable bonds is 19. The van der Waals surface area contributed by atoms with Crippen LogP contribution in [0.1, 0.15) is 51.9 Å². The van der Waals surface area contributed by atoms with Gasteiger partial charge in [-0.2, -0.15) is 0 Å². The zero-order valence-corrected chi connectivity index (χ0v) is 24.8. The molecule has 0 aliphatic carbocycles. The Morgan fingerprint density at radius 2 is 1.23 bits per heavy atom. The molecule has 0 aromatic heterocycles. The molecule has 0 aromatic carbocycles. The predicted molar refractivity (Wildman–Crippen MR) is 147 cm³/mol. The van der Waals surface area contributed by atoms with Gasteiger partial charge in [0.2, 0.25) is 11.8 Å². The maximum absolute atomic E-state index is 12.3. The molecule has 2 fully saturated rings. The number of hydrogen-bond acceptors (Lipinski definition) is 15. The smallest absolute Gasteiger partial charge is 0.222 e. The van der Waals surface area contributed by atoms with Crippen molar-refractivity contribution < 1.29 is 74.2 Å². The molecule has 2 rings (SSSR count). The molecule has 2 aliphatic rings. The minimum absolute atomic E-state index is 0.0747. The highest BCUT2D eigenvalue weighted by atomic mass is 16.7. The first-order chi connectivity index (χ1) is 20.9. The van der Waals surface area contributed by atoms with E-state index in [1.165, 1.54) is 6.92 Å². The molecular weight excluding hydrogens is 592 g/mol. The number of hydrogen-bond donors (Lipinski definition) is 10. The number of carbonyl (C=O) groups is 3. The van der Waals surface area contributed by atoms with Crippen molar-refractivity contribution in [1.82, 2.24) is 10.6 Å². The van der Waals surface area contributed by atoms with Crippen molar-refractivity contribution in [3.63, 3.8) is 0 Å². The summed E-state index contributed by atoms with van der Waals surface area (Å²) in [5.41, 5.74) is 0. The van der Waals surface area contributed by atoms with E-state index in [1.54, 1.807) is 0 Å². The van der Waals surface area contributed by atoms with Crippen LogP contribution in [-0.4, -0.2) is 159 Å². The van der Waals surface area contributed by atoms with E-state index in [0.29, 0.717) is 38.6 Å². The van der Waals surface area contributed by atoms with Gasteiger partial charge in [0, 0.05) is 19.6 Å². The number of nitrogens with one attached hydrogen (secondary N) is 2. The van der Waals surface area contributed by atoms with E-state index in [9.17, 15) is 55.2 Å². The fraction of sp³-hybridized carbons (Fsp3) is 0.889. The van der Waals surface area contributed by atoms with Gasteiger partial charge in [0.1, 0.15) is 48.8 Å². The molecule has 44 heavy (non-hydrogen) atoms. The zero-order chi connectivity index (χ0) is 32.8. The molecule has 2 saturated heterocycles. The second-order valence-corrected chi connectivity index (χ2v) is 10.9. The predicted octanol–water partition coefficient (Wildman–Crippen LogP) is -4.46. The van der Waals surface area contributed by atoms with E-state index in [1.807, 2.05) is 0 Å². The fourth-order valence-corrected chi connectivity index (χ4v) is 4.70. The number of aliphatic hydroxyl groups is 8. The van der Waals surface area contributed by atoms with Gasteiger partial charge in [0.25, 0.3) is 0 Å². The van der Waals surface area contributed by atoms with E-state index >= 15 is 0 Å². The topological polar surface area (TPSA) is 274 Å². The number of Topliss-reactive ketones (excluding diaryl/α,β-unsaturated/α-hetero) is 1. The second kappa shape index (κ2) is 19.6. The van der Waals surface area contributed by atoms with Crippen LogP contribution in [-0.2, 0) is 33.3 Å². The molecule has 10 N–H and O–H groups in total. The minimum atomic E-state index is -1.57. The van der Waals surface area contributed by atoms with E-state index in [-0.39, 0.29) is 43.7 Å². The summed E-state index contributed by atoms with van der Waals surface area (Å²) in [6.07, 6.45) is -11.6. The number of carbonyl (C=O) groups excluding carboxylic acids is 3. The summed E-state index contributed by atoms with van der Waals surface area (Å²) in [6.45, 7) is 0.461. The molecule has 0 spiro atoms. The SMILES string of the molecule is CC(=O)[C@@H](CCCCNC(=O)CCOC1OC(CO)C(O)C(O)C1O)NC(=O)CCCCOC1OC(CO)C(O)C(O)C1O. The average Bonchev–Trinajstić information content (AvgIpc) is 2.99. The van der Waals surface area contributed by atoms with Crippen molar-refractivity contribution >= 4 is 17.6 Å². The summed E-state index contributed by atoms with van der Waals surface area (Å²) < 4.78 is 21.1. The van der Waals surface area contributed by atoms with Crippen LogP contribution in [0.4, 0.5) is 0 Å². The third-order valence-corrected chi connectivity index (χ3v) is 7.46. The normalized spacial score (nSPS) is 33.0. The Hall–Kier alpha value is -1.87. The number of amides is 2. The molecule has 10 unspecified atom stereocenters. The van der Waals surface area contributed by atoms with Gasteiger partial charge in [-0.25, -0.2) is 0 Å². The third kappa shape index (κ3) is 11.8. The largest absolute Gasteiger partial charge is 0.394 e. The highest BCUT2D eigenvalue weighted by Crippen LogP contribution is 2.23. The van der Waals surface area contributed by atoms with Gasteiger partial charge < -0.3 is 70.4 Å². The molecule has 17 nitrogen and oxygen atoms in total. The Labute approximate surface area is 255 Å². The summed E-state index contributed by atoms with van der Waals surface area (Å²) in [6, 6.07) is -0.685. The quantitative estimate of drug-likeness (QED) is 0.0596. The Balaban J connectivity index is 1.56. The van der Waals surface area contributed by atoms with Gasteiger partial charge in [-0.15, -0.1) is 0 Å². The maximum Gasteiger partial charge on any atom is 0.222 e. The number of ketones is 1. The van der Waals surface area contributed by atoms with Crippen molar-refractivity contribution in [3.8, 4) is 0 Å². The van der Waals surface area contributed by atoms with Crippen LogP contribution in [0.3, 0.4) is 0 Å². The first-order valence-corrected chi connectivity index (χ1v) is 14.8. The van der Waals surface area contributed by atoms with Crippen molar-refractivity contribution in [2.75, 3.05) is 33.0 Å². The van der Waals surface area contributed by atoms with Crippen molar-refractivity contribution in [1.29, 1.82) is 0 Å². The van der Waals surface area contributed by atoms with Crippen molar-refractivity contribution in [3.05, 3.63) is 0 Å². The molecule has 2 aliphatic heterocycles. The lowest BCUT2D eigenvalue weighted by molar-refractivity contribution is -0.301. The molecule has 256 valence electrons. The van der Waals surface area contributed by atoms with Crippen molar-refractivity contribution in [2.24, 2.45) is 0 Å². The van der Waals surface area contributed by atoms with Gasteiger partial charge in [-0.1, -0.05) is 0 Å². The minimum Gasteiger partial charge on any atom is -0.394 e. The van der Waals surface area contributed by atoms with Crippen molar-refractivity contribution in [2.45, 2.75) is 119 Å². The van der Waals surface area contributed by atoms with E-state index < -0.39 is 80.7 Å². The van der Waals surface area contributed by atoms with Crippen LogP contribution in [0.5, 0.6) is 0 Å². The first kappa shape index (κ1) is 38.3. The Morgan fingerprint density at radius 3 is 1.75 bits per heavy atom. The van der Waals surface area contributed by atoms with E-state index in [0.717, 1.165) is 0 Å². The van der Waals surface area contributed by atoms with Crippen LogP contribution >= 0.6 is 0 Å². The van der Waals surface area contributed by atoms with Crippen LogP contribution in [0.2, 0.25) is 0 Å². The summed E-state index contributed by atoms with van der Waals surface area (Å²) in [5, 5.41) is 82.8. The van der Waals surface area contributed by atoms with Crippen LogP contribution in [0.15, 0.2) is 0 Å². The van der Waals surface area contributed by atoms with Gasteiger partial charge in [0.15, 0.2) is 18.4 Å². The first-order valence-electron chi connectivity index (χ1n) is 14.8. The van der Waals surface area contributed by atoms with Gasteiger partial charge in [0.05, 0.1) is 32.3 Å². The monoisotopic (exact) mass is 640 g/mol. The molecule has 0 aromatic rings. The third-order valence-electron chi connectivity index (χ3n) is 7.46. The summed E-state index contributed by atoms with van der Waals surface area (Å²) in [5.74, 6) is -0.883. The van der Waals surface area contributed by atoms with Gasteiger partial charge in [-0.3, -0.25) is 14.4 Å². The number of unbranched alkanes of at least 4 members (excludes halogenated alkanes) is 2. The molecule has 2 amide bonds. The lowest BCUT2D eigenvalue weighted by Gasteiger charge is -2.39. The molecule has 17 heteroatoms. The second-order valence-electron chi connectivity index (χ2n) is 10.9. The molecule has 2 heterocycles. The summed E-state index contributed by atoms with van der Waals surface area (Å²) in [7, 11) is 0. The number of aliphatic hydroxyl groups excluding tert-OH is 8. The number of ether oxygens (including phenoxy) is 4. The van der Waals surface area contributed by atoms with Gasteiger partial charge >= 0.3 is 0 Å².